The van der Waals surface area contributed by atoms with Crippen LogP contribution in [0.25, 0.3) is 10.9 Å². The first-order chi connectivity index (χ1) is 10.1. The zero-order valence-corrected chi connectivity index (χ0v) is 12.5. The zero-order chi connectivity index (χ0) is 15.1. The van der Waals surface area contributed by atoms with E-state index in [-0.39, 0.29) is 24.0 Å². The van der Waals surface area contributed by atoms with Gasteiger partial charge in [-0.25, -0.2) is 0 Å². The maximum absolute atomic E-state index is 12.8. The first-order valence-electron chi connectivity index (χ1n) is 7.53. The SMILES string of the molecule is Cc1ccc2c(O)c(CCCO)c(=O)n(C3CC3)c2c1C. The highest BCUT2D eigenvalue weighted by molar-refractivity contribution is 5.89. The van der Waals surface area contributed by atoms with Gasteiger partial charge in [-0.1, -0.05) is 6.07 Å². The van der Waals surface area contributed by atoms with Crippen LogP contribution in [0.5, 0.6) is 5.75 Å². The minimum atomic E-state index is -0.0929. The number of nitrogens with zero attached hydrogens (tertiary/aromatic N) is 1. The first-order valence-corrected chi connectivity index (χ1v) is 7.53. The van der Waals surface area contributed by atoms with Gasteiger partial charge in [0.1, 0.15) is 5.75 Å². The third-order valence-corrected chi connectivity index (χ3v) is 4.46. The Kier molecular flexibility index (Phi) is 3.49. The Morgan fingerprint density at radius 3 is 2.62 bits per heavy atom. The molecule has 112 valence electrons. The average Bonchev–Trinajstić information content (AvgIpc) is 3.28. The van der Waals surface area contributed by atoms with Crippen molar-refractivity contribution in [2.75, 3.05) is 6.61 Å². The molecule has 1 heterocycles. The van der Waals surface area contributed by atoms with E-state index in [2.05, 4.69) is 0 Å². The Morgan fingerprint density at radius 2 is 2.00 bits per heavy atom. The number of hydrogen-bond acceptors (Lipinski definition) is 3. The lowest BCUT2D eigenvalue weighted by Gasteiger charge is -2.17. The van der Waals surface area contributed by atoms with Crippen molar-refractivity contribution in [2.24, 2.45) is 0 Å². The monoisotopic (exact) mass is 287 g/mol. The summed E-state index contributed by atoms with van der Waals surface area (Å²) in [5, 5.41) is 20.3. The van der Waals surface area contributed by atoms with Crippen LogP contribution in [0.1, 0.15) is 42.0 Å². The van der Waals surface area contributed by atoms with Crippen molar-refractivity contribution in [3.63, 3.8) is 0 Å². The summed E-state index contributed by atoms with van der Waals surface area (Å²) in [6.07, 6.45) is 2.94. The molecule has 1 aliphatic rings. The van der Waals surface area contributed by atoms with Crippen LogP contribution in [-0.4, -0.2) is 21.4 Å². The summed E-state index contributed by atoms with van der Waals surface area (Å²) in [7, 11) is 0. The molecule has 4 nitrogen and oxygen atoms in total. The van der Waals surface area contributed by atoms with E-state index in [0.29, 0.717) is 18.4 Å². The number of hydrogen-bond donors (Lipinski definition) is 2. The van der Waals surface area contributed by atoms with E-state index in [1.54, 1.807) is 0 Å². The predicted molar refractivity (Wildman–Crippen MR) is 83.0 cm³/mol. The quantitative estimate of drug-likeness (QED) is 0.908. The van der Waals surface area contributed by atoms with Crippen LogP contribution in [0.15, 0.2) is 16.9 Å². The van der Waals surface area contributed by atoms with Crippen molar-refractivity contribution in [1.29, 1.82) is 0 Å². The van der Waals surface area contributed by atoms with Crippen molar-refractivity contribution in [2.45, 2.75) is 45.6 Å². The van der Waals surface area contributed by atoms with E-state index >= 15 is 0 Å². The van der Waals surface area contributed by atoms with E-state index < -0.39 is 0 Å². The van der Waals surface area contributed by atoms with Gasteiger partial charge in [-0.3, -0.25) is 4.79 Å². The smallest absolute Gasteiger partial charge is 0.258 e. The molecule has 21 heavy (non-hydrogen) atoms. The third kappa shape index (κ3) is 2.23. The summed E-state index contributed by atoms with van der Waals surface area (Å²) < 4.78 is 1.87. The molecule has 0 bridgehead atoms. The molecule has 1 saturated carbocycles. The van der Waals surface area contributed by atoms with Gasteiger partial charge in [-0.15, -0.1) is 0 Å². The summed E-state index contributed by atoms with van der Waals surface area (Å²) >= 11 is 0. The van der Waals surface area contributed by atoms with Crippen molar-refractivity contribution in [3.8, 4) is 5.75 Å². The fourth-order valence-corrected chi connectivity index (χ4v) is 2.98. The molecule has 0 radical (unpaired) electrons. The summed E-state index contributed by atoms with van der Waals surface area (Å²) in [5.74, 6) is 0.0865. The van der Waals surface area contributed by atoms with Gasteiger partial charge in [0, 0.05) is 18.0 Å². The molecule has 0 atom stereocenters. The van der Waals surface area contributed by atoms with Crippen LogP contribution in [0, 0.1) is 13.8 Å². The molecule has 3 rings (SSSR count). The molecule has 0 spiro atoms. The maximum Gasteiger partial charge on any atom is 0.258 e. The second-order valence-corrected chi connectivity index (χ2v) is 5.96. The summed E-state index contributed by atoms with van der Waals surface area (Å²) in [4.78, 5) is 12.8. The third-order valence-electron chi connectivity index (χ3n) is 4.46. The van der Waals surface area contributed by atoms with E-state index in [0.717, 1.165) is 34.9 Å². The Labute approximate surface area is 123 Å². The van der Waals surface area contributed by atoms with E-state index in [1.165, 1.54) is 0 Å². The van der Waals surface area contributed by atoms with Gasteiger partial charge < -0.3 is 14.8 Å². The lowest BCUT2D eigenvalue weighted by molar-refractivity contribution is 0.287. The molecule has 0 amide bonds. The number of aliphatic hydroxyl groups excluding tert-OH is 1. The van der Waals surface area contributed by atoms with Crippen molar-refractivity contribution in [1.82, 2.24) is 4.57 Å². The Hall–Kier alpha value is -1.81. The van der Waals surface area contributed by atoms with Gasteiger partial charge >= 0.3 is 0 Å². The highest BCUT2D eigenvalue weighted by Crippen LogP contribution is 2.39. The molecule has 1 aliphatic carbocycles. The molecule has 1 aromatic carbocycles. The molecule has 1 aromatic heterocycles. The molecule has 0 saturated heterocycles. The van der Waals surface area contributed by atoms with Crippen molar-refractivity contribution >= 4 is 10.9 Å². The number of pyridine rings is 1. The van der Waals surface area contributed by atoms with Crippen LogP contribution in [0.3, 0.4) is 0 Å². The van der Waals surface area contributed by atoms with Crippen molar-refractivity contribution < 1.29 is 10.2 Å². The van der Waals surface area contributed by atoms with E-state index in [1.807, 2.05) is 30.5 Å². The highest BCUT2D eigenvalue weighted by atomic mass is 16.3. The maximum atomic E-state index is 12.8. The number of rotatable bonds is 4. The minimum absolute atomic E-state index is 0.0211. The van der Waals surface area contributed by atoms with Gasteiger partial charge in [0.15, 0.2) is 0 Å². The number of aliphatic hydroxyl groups is 1. The van der Waals surface area contributed by atoms with Crippen LogP contribution in [0.4, 0.5) is 0 Å². The molecular formula is C17H21NO3. The fourth-order valence-electron chi connectivity index (χ4n) is 2.98. The second kappa shape index (κ2) is 5.19. The Bertz CT molecular complexity index is 757. The van der Waals surface area contributed by atoms with Gasteiger partial charge in [0.2, 0.25) is 0 Å². The van der Waals surface area contributed by atoms with Gasteiger partial charge in [0.05, 0.1) is 11.1 Å². The van der Waals surface area contributed by atoms with Crippen LogP contribution in [0.2, 0.25) is 0 Å². The molecule has 0 unspecified atom stereocenters. The summed E-state index contributed by atoms with van der Waals surface area (Å²) in [6.45, 7) is 4.04. The van der Waals surface area contributed by atoms with Crippen LogP contribution < -0.4 is 5.56 Å². The molecular weight excluding hydrogens is 266 g/mol. The normalized spacial score (nSPS) is 14.8. The Morgan fingerprint density at radius 1 is 1.29 bits per heavy atom. The van der Waals surface area contributed by atoms with Gasteiger partial charge in [0.25, 0.3) is 5.56 Å². The lowest BCUT2D eigenvalue weighted by Crippen LogP contribution is -2.24. The molecule has 2 N–H and O–H groups in total. The fraction of sp³-hybridized carbons (Fsp3) is 0.471. The number of benzene rings is 1. The largest absolute Gasteiger partial charge is 0.507 e. The van der Waals surface area contributed by atoms with E-state index in [4.69, 9.17) is 5.11 Å². The van der Waals surface area contributed by atoms with Crippen LogP contribution >= 0.6 is 0 Å². The van der Waals surface area contributed by atoms with Crippen LogP contribution in [-0.2, 0) is 6.42 Å². The standard InChI is InChI=1S/C17H21NO3/c1-10-5-8-13-15(11(10)2)18(12-6-7-12)17(21)14(16(13)20)4-3-9-19/h5,8,12,19-20H,3-4,6-7,9H2,1-2H3. The van der Waals surface area contributed by atoms with Gasteiger partial charge in [-0.05, 0) is 56.7 Å². The lowest BCUT2D eigenvalue weighted by atomic mass is 10.0. The predicted octanol–water partition coefficient (Wildman–Crippen LogP) is 2.58. The zero-order valence-electron chi connectivity index (χ0n) is 12.5. The van der Waals surface area contributed by atoms with E-state index in [9.17, 15) is 9.90 Å². The summed E-state index contributed by atoms with van der Waals surface area (Å²) in [5.41, 5.74) is 3.39. The minimum Gasteiger partial charge on any atom is -0.507 e. The number of fused-ring (bicyclic) bond motifs is 1. The first kappa shape index (κ1) is 14.1. The molecule has 4 heteroatoms. The number of aromatic nitrogens is 1. The topological polar surface area (TPSA) is 62.5 Å². The van der Waals surface area contributed by atoms with Gasteiger partial charge in [-0.2, -0.15) is 0 Å². The average molecular weight is 287 g/mol. The molecule has 1 fully saturated rings. The number of aromatic hydroxyl groups is 1. The Balaban J connectivity index is 2.37. The number of aryl methyl sites for hydroxylation is 2. The van der Waals surface area contributed by atoms with Crippen molar-refractivity contribution in [3.05, 3.63) is 39.2 Å². The summed E-state index contributed by atoms with van der Waals surface area (Å²) in [6, 6.07) is 4.14. The molecule has 2 aromatic rings. The second-order valence-electron chi connectivity index (χ2n) is 5.96. The molecule has 0 aliphatic heterocycles. The highest BCUT2D eigenvalue weighted by Gasteiger charge is 2.29.